The number of hydrogen-bond acceptors (Lipinski definition) is 3. The van der Waals surface area contributed by atoms with Crippen molar-refractivity contribution in [3.05, 3.63) is 29.3 Å². The Morgan fingerprint density at radius 3 is 2.70 bits per heavy atom. The third kappa shape index (κ3) is 3.96. The van der Waals surface area contributed by atoms with Crippen LogP contribution in [0, 0.1) is 0 Å². The van der Waals surface area contributed by atoms with E-state index < -0.39 is 12.8 Å². The number of carbonyl (C=O) groups is 1. The van der Waals surface area contributed by atoms with Crippen molar-refractivity contribution in [2.24, 2.45) is 0 Å². The lowest BCUT2D eigenvalue weighted by Crippen LogP contribution is -2.18. The van der Waals surface area contributed by atoms with Gasteiger partial charge in [0.05, 0.1) is 13.2 Å². The summed E-state index contributed by atoms with van der Waals surface area (Å²) >= 11 is 0. The summed E-state index contributed by atoms with van der Waals surface area (Å²) in [6.07, 6.45) is -2.77. The fraction of sp³-hybridized carbons (Fsp3) is 0.500. The van der Waals surface area contributed by atoms with Crippen molar-refractivity contribution in [1.82, 2.24) is 0 Å². The Labute approximate surface area is 114 Å². The maximum absolute atomic E-state index is 11.8. The van der Waals surface area contributed by atoms with Gasteiger partial charge in [-0.25, -0.2) is 0 Å². The summed E-state index contributed by atoms with van der Waals surface area (Å²) in [6.45, 7) is -0.974. The summed E-state index contributed by atoms with van der Waals surface area (Å²) in [7, 11) is 0. The molecule has 0 spiro atoms. The van der Waals surface area contributed by atoms with E-state index in [2.05, 4.69) is 4.74 Å². The van der Waals surface area contributed by atoms with E-state index in [4.69, 9.17) is 4.74 Å². The van der Waals surface area contributed by atoms with Gasteiger partial charge in [0.1, 0.15) is 12.4 Å². The zero-order valence-corrected chi connectivity index (χ0v) is 10.8. The van der Waals surface area contributed by atoms with Gasteiger partial charge >= 0.3 is 6.18 Å². The van der Waals surface area contributed by atoms with Gasteiger partial charge in [0.15, 0.2) is 5.78 Å². The number of fused-ring (bicyclic) bond motifs is 1. The molecule has 2 rings (SSSR count). The maximum Gasteiger partial charge on any atom is 0.411 e. The van der Waals surface area contributed by atoms with Gasteiger partial charge in [-0.15, -0.1) is 0 Å². The first-order valence-corrected chi connectivity index (χ1v) is 6.40. The molecule has 1 aromatic carbocycles. The van der Waals surface area contributed by atoms with Crippen LogP contribution in [0.2, 0.25) is 0 Å². The van der Waals surface area contributed by atoms with Crippen molar-refractivity contribution in [3.8, 4) is 5.75 Å². The quantitative estimate of drug-likeness (QED) is 0.754. The Morgan fingerprint density at radius 1 is 1.15 bits per heavy atom. The number of alkyl halides is 3. The minimum atomic E-state index is -4.29. The molecule has 1 aromatic rings. The van der Waals surface area contributed by atoms with Crippen molar-refractivity contribution in [2.45, 2.75) is 25.4 Å². The van der Waals surface area contributed by atoms with Crippen molar-refractivity contribution >= 4 is 5.78 Å². The number of ketones is 1. The Morgan fingerprint density at radius 2 is 1.95 bits per heavy atom. The number of carbonyl (C=O) groups excluding carboxylic acids is 1. The van der Waals surface area contributed by atoms with Crippen molar-refractivity contribution < 1.29 is 27.4 Å². The van der Waals surface area contributed by atoms with Crippen LogP contribution in [0.4, 0.5) is 13.2 Å². The fourth-order valence-electron chi connectivity index (χ4n) is 2.12. The second-order valence-corrected chi connectivity index (χ2v) is 4.58. The molecule has 0 fully saturated rings. The number of hydrogen-bond donors (Lipinski definition) is 0. The van der Waals surface area contributed by atoms with Gasteiger partial charge < -0.3 is 9.47 Å². The second-order valence-electron chi connectivity index (χ2n) is 4.58. The van der Waals surface area contributed by atoms with Crippen LogP contribution < -0.4 is 4.74 Å². The van der Waals surface area contributed by atoms with E-state index in [-0.39, 0.29) is 19.0 Å². The number of Topliss-reactive ketones (excluding diaryl/α,β-unsaturated/α-hetero) is 1. The Balaban J connectivity index is 1.74. The smallest absolute Gasteiger partial charge is 0.411 e. The molecule has 6 heteroatoms. The van der Waals surface area contributed by atoms with Gasteiger partial charge in [0, 0.05) is 24.0 Å². The normalized spacial score (nSPS) is 14.4. The molecule has 0 aliphatic heterocycles. The molecule has 1 aliphatic carbocycles. The highest BCUT2D eigenvalue weighted by Crippen LogP contribution is 2.30. The molecular formula is C14H15F3O3. The molecule has 0 saturated carbocycles. The average molecular weight is 288 g/mol. The highest BCUT2D eigenvalue weighted by Gasteiger charge is 2.27. The van der Waals surface area contributed by atoms with Crippen LogP contribution in [0.15, 0.2) is 18.2 Å². The average Bonchev–Trinajstić information content (AvgIpc) is 2.75. The Bertz CT molecular complexity index is 483. The molecular weight excluding hydrogens is 273 g/mol. The summed E-state index contributed by atoms with van der Waals surface area (Å²) in [5.74, 6) is 0.753. The van der Waals surface area contributed by atoms with E-state index in [0.29, 0.717) is 30.6 Å². The van der Waals surface area contributed by atoms with E-state index in [1.165, 1.54) is 0 Å². The van der Waals surface area contributed by atoms with Crippen LogP contribution in [-0.4, -0.2) is 31.8 Å². The molecule has 110 valence electrons. The Hall–Kier alpha value is -1.56. The molecule has 3 nitrogen and oxygen atoms in total. The summed E-state index contributed by atoms with van der Waals surface area (Å²) in [5.41, 5.74) is 1.59. The first kappa shape index (κ1) is 14.8. The van der Waals surface area contributed by atoms with Crippen LogP contribution in [-0.2, 0) is 11.2 Å². The molecule has 0 amide bonds. The van der Waals surface area contributed by atoms with E-state index in [0.717, 1.165) is 5.56 Å². The third-order valence-corrected chi connectivity index (χ3v) is 2.99. The van der Waals surface area contributed by atoms with Crippen LogP contribution in [0.25, 0.3) is 0 Å². The summed E-state index contributed by atoms with van der Waals surface area (Å²) in [5, 5.41) is 0. The van der Waals surface area contributed by atoms with E-state index >= 15 is 0 Å². The SMILES string of the molecule is O=C1CCc2c(OCCCOCC(F)(F)F)cccc21. The van der Waals surface area contributed by atoms with Gasteiger partial charge in [-0.3, -0.25) is 4.79 Å². The van der Waals surface area contributed by atoms with E-state index in [1.807, 2.05) is 0 Å². The minimum Gasteiger partial charge on any atom is -0.493 e. The lowest BCUT2D eigenvalue weighted by Gasteiger charge is -2.11. The van der Waals surface area contributed by atoms with Crippen LogP contribution >= 0.6 is 0 Å². The second kappa shape index (κ2) is 6.26. The van der Waals surface area contributed by atoms with Gasteiger partial charge in [-0.2, -0.15) is 13.2 Å². The third-order valence-electron chi connectivity index (χ3n) is 2.99. The number of halogens is 3. The molecule has 0 saturated heterocycles. The summed E-state index contributed by atoms with van der Waals surface area (Å²) in [6, 6.07) is 5.29. The molecule has 0 radical (unpaired) electrons. The van der Waals surface area contributed by atoms with Crippen LogP contribution in [0.3, 0.4) is 0 Å². The number of rotatable bonds is 6. The number of benzene rings is 1. The fourth-order valence-corrected chi connectivity index (χ4v) is 2.12. The molecule has 0 atom stereocenters. The number of ether oxygens (including phenoxy) is 2. The van der Waals surface area contributed by atoms with Crippen molar-refractivity contribution in [2.75, 3.05) is 19.8 Å². The van der Waals surface area contributed by atoms with Gasteiger partial charge in [-0.1, -0.05) is 12.1 Å². The standard InChI is InChI=1S/C14H15F3O3/c15-14(16,17)9-19-7-2-8-20-13-4-1-3-10-11(13)5-6-12(10)18/h1,3-4H,2,5-9H2. The Kier molecular flexibility index (Phi) is 4.65. The highest BCUT2D eigenvalue weighted by atomic mass is 19.4. The molecule has 1 aliphatic rings. The molecule has 0 bridgehead atoms. The van der Waals surface area contributed by atoms with Crippen LogP contribution in [0.1, 0.15) is 28.8 Å². The van der Waals surface area contributed by atoms with E-state index in [9.17, 15) is 18.0 Å². The monoisotopic (exact) mass is 288 g/mol. The zero-order chi connectivity index (χ0) is 14.6. The summed E-state index contributed by atoms with van der Waals surface area (Å²) < 4.78 is 45.5. The zero-order valence-electron chi connectivity index (χ0n) is 10.8. The molecule has 0 heterocycles. The largest absolute Gasteiger partial charge is 0.493 e. The predicted molar refractivity (Wildman–Crippen MR) is 66.1 cm³/mol. The van der Waals surface area contributed by atoms with Gasteiger partial charge in [0.25, 0.3) is 0 Å². The first-order valence-electron chi connectivity index (χ1n) is 6.40. The van der Waals surface area contributed by atoms with Crippen molar-refractivity contribution in [3.63, 3.8) is 0 Å². The molecule has 0 N–H and O–H groups in total. The topological polar surface area (TPSA) is 35.5 Å². The van der Waals surface area contributed by atoms with Crippen molar-refractivity contribution in [1.29, 1.82) is 0 Å². The first-order chi connectivity index (χ1) is 9.47. The van der Waals surface area contributed by atoms with Gasteiger partial charge in [-0.05, 0) is 12.5 Å². The molecule has 0 aromatic heterocycles. The van der Waals surface area contributed by atoms with Gasteiger partial charge in [0.2, 0.25) is 0 Å². The maximum atomic E-state index is 11.8. The summed E-state index contributed by atoms with van der Waals surface area (Å²) in [4.78, 5) is 11.5. The lowest BCUT2D eigenvalue weighted by molar-refractivity contribution is -0.174. The lowest BCUT2D eigenvalue weighted by atomic mass is 10.1. The minimum absolute atomic E-state index is 0.00648. The molecule has 20 heavy (non-hydrogen) atoms. The van der Waals surface area contributed by atoms with E-state index in [1.54, 1.807) is 18.2 Å². The highest BCUT2D eigenvalue weighted by molar-refractivity contribution is 6.01. The molecule has 0 unspecified atom stereocenters. The predicted octanol–water partition coefficient (Wildman–Crippen LogP) is 3.16. The van der Waals surface area contributed by atoms with Crippen LogP contribution in [0.5, 0.6) is 5.75 Å².